The van der Waals surface area contributed by atoms with Gasteiger partial charge in [-0.25, -0.2) is 4.98 Å². The fourth-order valence-electron chi connectivity index (χ4n) is 5.13. The predicted octanol–water partition coefficient (Wildman–Crippen LogP) is 5.06. The van der Waals surface area contributed by atoms with Gasteiger partial charge in [-0.05, 0) is 57.3 Å². The molecule has 3 rings (SSSR count). The molecular formula is C26H40N2O6. The summed E-state index contributed by atoms with van der Waals surface area (Å²) >= 11 is 0. The molecule has 0 amide bonds. The third-order valence-corrected chi connectivity index (χ3v) is 7.41. The number of carboxylic acid groups (broad SMARTS) is 1. The SMILES string of the molecule is CC1CCC(n2cnc(C[C@H](CCCCC(=O)OCOC(=O)C3CCCCC3)C(=O)O)c2)CC1. The fraction of sp³-hybridized carbons (Fsp3) is 0.769. The van der Waals surface area contributed by atoms with Gasteiger partial charge in [0.05, 0.1) is 23.9 Å². The van der Waals surface area contributed by atoms with E-state index in [0.717, 1.165) is 56.6 Å². The van der Waals surface area contributed by atoms with Gasteiger partial charge in [0.2, 0.25) is 6.79 Å². The van der Waals surface area contributed by atoms with Gasteiger partial charge in [-0.1, -0.05) is 32.6 Å². The van der Waals surface area contributed by atoms with Gasteiger partial charge >= 0.3 is 17.9 Å². The van der Waals surface area contributed by atoms with Gasteiger partial charge in [-0.2, -0.15) is 0 Å². The van der Waals surface area contributed by atoms with Crippen molar-refractivity contribution in [2.45, 2.75) is 103 Å². The van der Waals surface area contributed by atoms with Crippen LogP contribution in [-0.4, -0.2) is 39.4 Å². The van der Waals surface area contributed by atoms with E-state index < -0.39 is 17.9 Å². The van der Waals surface area contributed by atoms with Crippen LogP contribution in [0.1, 0.15) is 102 Å². The average molecular weight is 477 g/mol. The zero-order valence-electron chi connectivity index (χ0n) is 20.5. The van der Waals surface area contributed by atoms with Crippen molar-refractivity contribution in [3.63, 3.8) is 0 Å². The molecule has 0 saturated heterocycles. The normalized spacial score (nSPS) is 22.1. The summed E-state index contributed by atoms with van der Waals surface area (Å²) in [6.07, 6.45) is 15.7. The van der Waals surface area contributed by atoms with E-state index in [1.165, 1.54) is 12.8 Å². The molecular weight excluding hydrogens is 436 g/mol. The van der Waals surface area contributed by atoms with Crippen LogP contribution in [0.25, 0.3) is 0 Å². The maximum atomic E-state index is 12.0. The Labute approximate surface area is 202 Å². The van der Waals surface area contributed by atoms with Crippen LogP contribution in [0.2, 0.25) is 0 Å². The molecule has 190 valence electrons. The Morgan fingerprint density at radius 2 is 1.79 bits per heavy atom. The van der Waals surface area contributed by atoms with Crippen molar-refractivity contribution in [3.05, 3.63) is 18.2 Å². The molecule has 2 aliphatic carbocycles. The van der Waals surface area contributed by atoms with Crippen LogP contribution in [0, 0.1) is 17.8 Å². The van der Waals surface area contributed by atoms with Gasteiger partial charge in [-0.15, -0.1) is 0 Å². The maximum Gasteiger partial charge on any atom is 0.311 e. The molecule has 1 N–H and O–H groups in total. The molecule has 8 heteroatoms. The van der Waals surface area contributed by atoms with Gasteiger partial charge in [0, 0.05) is 25.1 Å². The molecule has 1 aromatic heterocycles. The van der Waals surface area contributed by atoms with Crippen LogP contribution in [0.5, 0.6) is 0 Å². The number of carbonyl (C=O) groups excluding carboxylic acids is 2. The first-order valence-corrected chi connectivity index (χ1v) is 13.0. The summed E-state index contributed by atoms with van der Waals surface area (Å²) in [5.74, 6) is -1.36. The second kappa shape index (κ2) is 13.5. The number of hydrogen-bond acceptors (Lipinski definition) is 6. The first kappa shape index (κ1) is 26.2. The molecule has 0 spiro atoms. The molecule has 1 atom stereocenters. The van der Waals surface area contributed by atoms with E-state index in [4.69, 9.17) is 9.47 Å². The summed E-state index contributed by atoms with van der Waals surface area (Å²) < 4.78 is 12.2. The standard InChI is InChI=1S/C26H40N2O6/c1-19-11-13-23(14-12-19)28-16-22(27-17-28)15-21(25(30)31)9-5-6-10-24(29)33-18-34-26(32)20-7-3-2-4-8-20/h16-17,19-21,23H,2-15,18H2,1H3,(H,30,31)/t19?,21-,23?/m0/s1. The second-order valence-corrected chi connectivity index (χ2v) is 10.1. The topological polar surface area (TPSA) is 108 Å². The highest BCUT2D eigenvalue weighted by Crippen LogP contribution is 2.32. The van der Waals surface area contributed by atoms with E-state index in [1.807, 2.05) is 12.5 Å². The van der Waals surface area contributed by atoms with Gasteiger partial charge in [0.15, 0.2) is 0 Å². The zero-order chi connectivity index (χ0) is 24.3. The lowest BCUT2D eigenvalue weighted by Gasteiger charge is -2.26. The van der Waals surface area contributed by atoms with Crippen molar-refractivity contribution >= 4 is 17.9 Å². The first-order valence-electron chi connectivity index (χ1n) is 13.0. The number of hydrogen-bond donors (Lipinski definition) is 1. The molecule has 0 radical (unpaired) electrons. The minimum absolute atomic E-state index is 0.0711. The predicted molar refractivity (Wildman–Crippen MR) is 126 cm³/mol. The molecule has 1 heterocycles. The minimum Gasteiger partial charge on any atom is -0.481 e. The molecule has 0 unspecified atom stereocenters. The van der Waals surface area contributed by atoms with E-state index in [1.54, 1.807) is 0 Å². The number of aliphatic carboxylic acids is 1. The number of ether oxygens (including phenoxy) is 2. The largest absolute Gasteiger partial charge is 0.481 e. The Kier molecular flexibility index (Phi) is 10.4. The smallest absolute Gasteiger partial charge is 0.311 e. The highest BCUT2D eigenvalue weighted by atomic mass is 16.7. The number of carboxylic acids is 1. The van der Waals surface area contributed by atoms with Crippen molar-refractivity contribution in [2.24, 2.45) is 17.8 Å². The first-order chi connectivity index (χ1) is 16.4. The van der Waals surface area contributed by atoms with Crippen LogP contribution in [-0.2, 0) is 30.3 Å². The quantitative estimate of drug-likeness (QED) is 0.255. The summed E-state index contributed by atoms with van der Waals surface area (Å²) in [6, 6.07) is 0.466. The van der Waals surface area contributed by atoms with Crippen LogP contribution in [0.15, 0.2) is 12.5 Å². The molecule has 8 nitrogen and oxygen atoms in total. The minimum atomic E-state index is -0.835. The lowest BCUT2D eigenvalue weighted by Crippen LogP contribution is -2.22. The van der Waals surface area contributed by atoms with Crippen molar-refractivity contribution in [1.82, 2.24) is 9.55 Å². The number of aromatic nitrogens is 2. The maximum absolute atomic E-state index is 12.0. The molecule has 34 heavy (non-hydrogen) atoms. The van der Waals surface area contributed by atoms with E-state index in [9.17, 15) is 19.5 Å². The summed E-state index contributed by atoms with van der Waals surface area (Å²) in [7, 11) is 0. The average Bonchev–Trinajstić information content (AvgIpc) is 3.30. The lowest BCUT2D eigenvalue weighted by molar-refractivity contribution is -0.170. The monoisotopic (exact) mass is 476 g/mol. The van der Waals surface area contributed by atoms with E-state index in [2.05, 4.69) is 16.5 Å². The molecule has 2 fully saturated rings. The number of carbonyl (C=O) groups is 3. The summed E-state index contributed by atoms with van der Waals surface area (Å²) in [6.45, 7) is 1.95. The summed E-state index contributed by atoms with van der Waals surface area (Å²) in [5.41, 5.74) is 0.810. The zero-order valence-corrected chi connectivity index (χ0v) is 20.5. The molecule has 1 aromatic rings. The van der Waals surface area contributed by atoms with E-state index >= 15 is 0 Å². The van der Waals surface area contributed by atoms with Crippen LogP contribution in [0.3, 0.4) is 0 Å². The van der Waals surface area contributed by atoms with Crippen LogP contribution < -0.4 is 0 Å². The van der Waals surface area contributed by atoms with E-state index in [0.29, 0.717) is 31.7 Å². The van der Waals surface area contributed by atoms with E-state index in [-0.39, 0.29) is 25.1 Å². The van der Waals surface area contributed by atoms with Gasteiger partial charge in [0.1, 0.15) is 0 Å². The third kappa shape index (κ3) is 8.44. The van der Waals surface area contributed by atoms with Gasteiger partial charge < -0.3 is 19.1 Å². The van der Waals surface area contributed by atoms with Crippen LogP contribution >= 0.6 is 0 Å². The molecule has 0 aliphatic heterocycles. The van der Waals surface area contributed by atoms with Gasteiger partial charge in [-0.3, -0.25) is 14.4 Å². The second-order valence-electron chi connectivity index (χ2n) is 10.1. The highest BCUT2D eigenvalue weighted by molar-refractivity contribution is 5.73. The lowest BCUT2D eigenvalue weighted by atomic mass is 9.87. The highest BCUT2D eigenvalue weighted by Gasteiger charge is 2.24. The Morgan fingerprint density at radius 3 is 2.50 bits per heavy atom. The number of rotatable bonds is 12. The number of esters is 2. The fourth-order valence-corrected chi connectivity index (χ4v) is 5.13. The number of imidazole rings is 1. The molecule has 2 aliphatic rings. The van der Waals surface area contributed by atoms with Crippen molar-refractivity contribution < 1.29 is 29.0 Å². The van der Waals surface area contributed by atoms with Crippen molar-refractivity contribution in [2.75, 3.05) is 6.79 Å². The third-order valence-electron chi connectivity index (χ3n) is 7.41. The Hall–Kier alpha value is -2.38. The number of nitrogens with zero attached hydrogens (tertiary/aromatic N) is 2. The van der Waals surface area contributed by atoms with Crippen molar-refractivity contribution in [1.29, 1.82) is 0 Å². The molecule has 0 aromatic carbocycles. The van der Waals surface area contributed by atoms with Crippen molar-refractivity contribution in [3.8, 4) is 0 Å². The summed E-state index contributed by atoms with van der Waals surface area (Å²) in [4.78, 5) is 40.1. The molecule has 2 saturated carbocycles. The summed E-state index contributed by atoms with van der Waals surface area (Å²) in [5, 5.41) is 9.63. The van der Waals surface area contributed by atoms with Gasteiger partial charge in [0.25, 0.3) is 0 Å². The van der Waals surface area contributed by atoms with Crippen LogP contribution in [0.4, 0.5) is 0 Å². The number of unbranched alkanes of at least 4 members (excludes halogenated alkanes) is 1. The Balaban J connectivity index is 1.31. The Morgan fingerprint density at radius 1 is 1.06 bits per heavy atom. The Bertz CT molecular complexity index is 793. The molecule has 0 bridgehead atoms.